The molecule has 25 heavy (non-hydrogen) atoms. The van der Waals surface area contributed by atoms with Crippen LogP contribution in [0.4, 0.5) is 5.69 Å². The van der Waals surface area contributed by atoms with Gasteiger partial charge in [-0.2, -0.15) is 0 Å². The first-order valence-corrected chi connectivity index (χ1v) is 8.78. The van der Waals surface area contributed by atoms with Crippen LogP contribution in [0, 0.1) is 0 Å². The van der Waals surface area contributed by atoms with E-state index in [1.165, 1.54) is 0 Å². The summed E-state index contributed by atoms with van der Waals surface area (Å²) in [6.45, 7) is 3.37. The van der Waals surface area contributed by atoms with Crippen LogP contribution in [-0.4, -0.2) is 28.0 Å². The molecule has 2 heterocycles. The molecule has 1 aliphatic heterocycles. The molecule has 0 amide bonds. The summed E-state index contributed by atoms with van der Waals surface area (Å²) in [5.74, 6) is -0.780. The number of hydrogen-bond donors (Lipinski definition) is 1. The van der Waals surface area contributed by atoms with Crippen LogP contribution in [0.1, 0.15) is 30.7 Å². The first-order chi connectivity index (χ1) is 12.0. The van der Waals surface area contributed by atoms with Crippen molar-refractivity contribution in [3.63, 3.8) is 0 Å². The molecule has 0 unspecified atom stereocenters. The van der Waals surface area contributed by atoms with Gasteiger partial charge >= 0.3 is 10.8 Å². The van der Waals surface area contributed by atoms with Crippen molar-refractivity contribution in [2.75, 3.05) is 0 Å². The number of benzene rings is 1. The van der Waals surface area contributed by atoms with Gasteiger partial charge in [0, 0.05) is 17.4 Å². The van der Waals surface area contributed by atoms with Crippen molar-refractivity contribution >= 4 is 40.9 Å². The highest BCUT2D eigenvalue weighted by Gasteiger charge is 2.19. The molecule has 0 radical (unpaired) electrons. The zero-order chi connectivity index (χ0) is 18.0. The molecule has 6 nitrogen and oxygen atoms in total. The van der Waals surface area contributed by atoms with E-state index in [0.717, 1.165) is 32.7 Å². The van der Waals surface area contributed by atoms with Crippen LogP contribution in [0.3, 0.4) is 0 Å². The third kappa shape index (κ3) is 3.56. The van der Waals surface area contributed by atoms with E-state index in [-0.39, 0.29) is 18.5 Å². The molecule has 0 aliphatic carbocycles. The molecule has 0 spiro atoms. The predicted molar refractivity (Wildman–Crippen MR) is 98.6 cm³/mol. The van der Waals surface area contributed by atoms with Crippen molar-refractivity contribution in [1.29, 1.82) is 0 Å². The maximum absolute atomic E-state index is 12.1. The van der Waals surface area contributed by atoms with E-state index in [2.05, 4.69) is 4.99 Å². The van der Waals surface area contributed by atoms with Crippen LogP contribution >= 0.6 is 11.3 Å². The monoisotopic (exact) mass is 358 g/mol. The van der Waals surface area contributed by atoms with Gasteiger partial charge in [-0.15, -0.1) is 0 Å². The molecular formula is C18H18N2O4S. The first-order valence-electron chi connectivity index (χ1n) is 7.96. The van der Waals surface area contributed by atoms with Gasteiger partial charge in [-0.1, -0.05) is 36.5 Å². The van der Waals surface area contributed by atoms with Crippen molar-refractivity contribution in [3.8, 4) is 5.88 Å². The minimum Gasteiger partial charge on any atom is -0.493 e. The van der Waals surface area contributed by atoms with E-state index in [4.69, 9.17) is 4.74 Å². The maximum atomic E-state index is 12.1. The SMILES string of the molecule is CC[C@@H](C)OC(=O)Cn1c(O)c(C=C2C=Nc3ccccc32)sc1=O. The number of nitrogens with zero attached hydrogens (tertiary/aromatic N) is 2. The summed E-state index contributed by atoms with van der Waals surface area (Å²) in [4.78, 5) is 28.3. The zero-order valence-corrected chi connectivity index (χ0v) is 14.7. The molecule has 0 bridgehead atoms. The van der Waals surface area contributed by atoms with Gasteiger partial charge < -0.3 is 9.84 Å². The van der Waals surface area contributed by atoms with Crippen LogP contribution in [-0.2, 0) is 16.1 Å². The van der Waals surface area contributed by atoms with Crippen molar-refractivity contribution in [2.45, 2.75) is 32.9 Å². The van der Waals surface area contributed by atoms with E-state index in [9.17, 15) is 14.7 Å². The topological polar surface area (TPSA) is 80.9 Å². The number of rotatable bonds is 5. The Morgan fingerprint density at radius 1 is 1.44 bits per heavy atom. The largest absolute Gasteiger partial charge is 0.493 e. The van der Waals surface area contributed by atoms with Gasteiger partial charge in [0.2, 0.25) is 5.88 Å². The Morgan fingerprint density at radius 3 is 2.96 bits per heavy atom. The zero-order valence-electron chi connectivity index (χ0n) is 13.9. The Kier molecular flexibility index (Phi) is 4.85. The molecular weight excluding hydrogens is 340 g/mol. The highest BCUT2D eigenvalue weighted by molar-refractivity contribution is 7.10. The molecule has 1 aliphatic rings. The highest BCUT2D eigenvalue weighted by Crippen LogP contribution is 2.34. The Morgan fingerprint density at radius 2 is 2.20 bits per heavy atom. The number of hydrogen-bond acceptors (Lipinski definition) is 6. The number of para-hydroxylation sites is 1. The van der Waals surface area contributed by atoms with Crippen LogP contribution in [0.2, 0.25) is 0 Å². The second-order valence-corrected chi connectivity index (χ2v) is 6.72. The van der Waals surface area contributed by atoms with Crippen LogP contribution in [0.25, 0.3) is 11.6 Å². The van der Waals surface area contributed by atoms with Gasteiger partial charge in [0.15, 0.2) is 0 Å². The van der Waals surface area contributed by atoms with Gasteiger partial charge in [0.05, 0.1) is 16.7 Å². The van der Waals surface area contributed by atoms with Gasteiger partial charge in [-0.3, -0.25) is 19.1 Å². The normalized spacial score (nSPS) is 15.4. The average Bonchev–Trinajstić information content (AvgIpc) is 3.11. The molecule has 1 aromatic heterocycles. The summed E-state index contributed by atoms with van der Waals surface area (Å²) < 4.78 is 6.19. The molecule has 3 rings (SSSR count). The number of esters is 1. The number of ether oxygens (including phenoxy) is 1. The fourth-order valence-corrected chi connectivity index (χ4v) is 3.25. The fraction of sp³-hybridized carbons (Fsp3) is 0.278. The number of aliphatic imine (C=N–C) groups is 1. The molecule has 1 N–H and O–H groups in total. The van der Waals surface area contributed by atoms with Gasteiger partial charge in [-0.25, -0.2) is 0 Å². The first kappa shape index (κ1) is 17.2. The Balaban J connectivity index is 1.86. The Labute approximate surface area is 148 Å². The summed E-state index contributed by atoms with van der Waals surface area (Å²) in [5, 5.41) is 10.3. The number of thiazole rings is 1. The summed E-state index contributed by atoms with van der Waals surface area (Å²) in [7, 11) is 0. The van der Waals surface area contributed by atoms with E-state index in [1.54, 1.807) is 19.2 Å². The van der Waals surface area contributed by atoms with Crippen LogP contribution in [0.5, 0.6) is 5.88 Å². The third-order valence-corrected chi connectivity index (χ3v) is 4.85. The molecule has 0 fully saturated rings. The molecule has 2 aromatic rings. The lowest BCUT2D eigenvalue weighted by Gasteiger charge is -2.11. The fourth-order valence-electron chi connectivity index (χ4n) is 2.42. The van der Waals surface area contributed by atoms with Crippen LogP contribution < -0.4 is 4.87 Å². The van der Waals surface area contributed by atoms with Crippen molar-refractivity contribution in [2.24, 2.45) is 4.99 Å². The van der Waals surface area contributed by atoms with Crippen molar-refractivity contribution < 1.29 is 14.6 Å². The summed E-state index contributed by atoms with van der Waals surface area (Å²) >= 11 is 0.881. The lowest BCUT2D eigenvalue weighted by Crippen LogP contribution is -2.23. The molecule has 1 atom stereocenters. The van der Waals surface area contributed by atoms with Gasteiger partial charge in [-0.05, 0) is 25.5 Å². The number of fused-ring (bicyclic) bond motifs is 1. The molecule has 7 heteroatoms. The highest BCUT2D eigenvalue weighted by atomic mass is 32.1. The second kappa shape index (κ2) is 7.06. The average molecular weight is 358 g/mol. The molecule has 130 valence electrons. The Hall–Kier alpha value is -2.67. The van der Waals surface area contributed by atoms with Crippen LogP contribution in [0.15, 0.2) is 34.1 Å². The van der Waals surface area contributed by atoms with Crippen molar-refractivity contribution in [3.05, 3.63) is 44.4 Å². The summed E-state index contributed by atoms with van der Waals surface area (Å²) in [6, 6.07) is 7.62. The predicted octanol–water partition coefficient (Wildman–Crippen LogP) is 3.21. The van der Waals surface area contributed by atoms with Gasteiger partial charge in [0.1, 0.15) is 6.54 Å². The molecule has 0 saturated carbocycles. The standard InChI is InChI=1S/C18H18N2O4S/c1-3-11(2)24-16(21)10-20-17(22)15(25-18(20)23)8-12-9-19-14-7-5-4-6-13(12)14/h4-9,11,22H,3,10H2,1-2H3/t11-/m1/s1. The van der Waals surface area contributed by atoms with E-state index in [1.807, 2.05) is 31.2 Å². The Bertz CT molecular complexity index is 923. The van der Waals surface area contributed by atoms with Gasteiger partial charge in [0.25, 0.3) is 0 Å². The number of allylic oxidation sites excluding steroid dienone is 1. The maximum Gasteiger partial charge on any atom is 0.326 e. The third-order valence-electron chi connectivity index (χ3n) is 3.93. The number of aromatic nitrogens is 1. The quantitative estimate of drug-likeness (QED) is 0.832. The lowest BCUT2D eigenvalue weighted by atomic mass is 10.1. The molecule has 1 aromatic carbocycles. The minimum absolute atomic E-state index is 0.225. The lowest BCUT2D eigenvalue weighted by molar-refractivity contribution is -0.149. The van der Waals surface area contributed by atoms with E-state index >= 15 is 0 Å². The summed E-state index contributed by atoms with van der Waals surface area (Å²) in [5.41, 5.74) is 2.59. The number of carbonyl (C=O) groups excluding carboxylic acids is 1. The van der Waals surface area contributed by atoms with Crippen molar-refractivity contribution in [1.82, 2.24) is 4.57 Å². The van der Waals surface area contributed by atoms with E-state index < -0.39 is 10.8 Å². The minimum atomic E-state index is -0.545. The smallest absolute Gasteiger partial charge is 0.326 e. The second-order valence-electron chi connectivity index (χ2n) is 5.73. The molecule has 0 saturated heterocycles. The van der Waals surface area contributed by atoms with E-state index in [0.29, 0.717) is 11.3 Å². The summed E-state index contributed by atoms with van der Waals surface area (Å²) in [6.07, 6.45) is 3.85. The number of carbonyl (C=O) groups is 1. The number of aromatic hydroxyl groups is 1.